The number of piperidine rings is 1. The highest BCUT2D eigenvalue weighted by atomic mass is 35.5. The van der Waals surface area contributed by atoms with Gasteiger partial charge in [0.15, 0.2) is 5.82 Å². The Kier molecular flexibility index (Phi) is 7.47. The van der Waals surface area contributed by atoms with E-state index in [1.165, 1.54) is 4.68 Å². The summed E-state index contributed by atoms with van der Waals surface area (Å²) in [4.78, 5) is 42.7. The second kappa shape index (κ2) is 11.4. The zero-order chi connectivity index (χ0) is 29.4. The number of fused-ring (bicyclic) bond motifs is 4. The summed E-state index contributed by atoms with van der Waals surface area (Å²) in [5.74, 6) is 0.242. The second-order valence-electron chi connectivity index (χ2n) is 10.6. The van der Waals surface area contributed by atoms with Crippen molar-refractivity contribution in [2.45, 2.75) is 37.8 Å². The maximum absolute atomic E-state index is 13.8. The average Bonchev–Trinajstić information content (AvgIpc) is 3.30. The Hall–Kier alpha value is -4.57. The lowest BCUT2D eigenvalue weighted by atomic mass is 9.98. The van der Waals surface area contributed by atoms with Gasteiger partial charge in [-0.1, -0.05) is 66.2 Å². The van der Waals surface area contributed by atoms with Gasteiger partial charge in [-0.3, -0.25) is 4.79 Å². The van der Waals surface area contributed by atoms with E-state index in [1.807, 2.05) is 29.3 Å². The molecular formula is C31H30ClN5O5. The molecule has 6 rings (SSSR count). The Bertz CT molecular complexity index is 1690. The summed E-state index contributed by atoms with van der Waals surface area (Å²) in [5.41, 5.74) is 4.57. The first-order valence-corrected chi connectivity index (χ1v) is 14.3. The number of hydrogen-bond acceptors (Lipinski definition) is 6. The SMILES string of the molecule is CC(NC(=O)OCC1c2ccccc2-c2ccccc21)c1nc2cccc(Cl)c2c(=O)n1N1CCC(NC(=O)O)CC1. The molecule has 1 aliphatic heterocycles. The minimum absolute atomic E-state index is 0.0849. The van der Waals surface area contributed by atoms with Crippen LogP contribution in [0.5, 0.6) is 0 Å². The van der Waals surface area contributed by atoms with Gasteiger partial charge in [0, 0.05) is 25.0 Å². The molecule has 42 heavy (non-hydrogen) atoms. The number of carbonyl (C=O) groups excluding carboxylic acids is 1. The monoisotopic (exact) mass is 587 g/mol. The number of carboxylic acid groups (broad SMARTS) is 1. The molecule has 2 heterocycles. The van der Waals surface area contributed by atoms with Crippen LogP contribution in [0.3, 0.4) is 0 Å². The van der Waals surface area contributed by atoms with Gasteiger partial charge in [0.1, 0.15) is 6.61 Å². The van der Waals surface area contributed by atoms with Crippen molar-refractivity contribution in [3.63, 3.8) is 0 Å². The molecule has 1 aliphatic carbocycles. The molecule has 0 spiro atoms. The summed E-state index contributed by atoms with van der Waals surface area (Å²) in [6, 6.07) is 20.4. The van der Waals surface area contributed by atoms with Crippen LogP contribution in [0.1, 0.15) is 48.7 Å². The first-order chi connectivity index (χ1) is 20.3. The summed E-state index contributed by atoms with van der Waals surface area (Å²) < 4.78 is 7.20. The van der Waals surface area contributed by atoms with Crippen LogP contribution < -0.4 is 21.2 Å². The van der Waals surface area contributed by atoms with Gasteiger partial charge in [-0.05, 0) is 54.2 Å². The molecule has 11 heteroatoms. The number of aromatic nitrogens is 2. The summed E-state index contributed by atoms with van der Waals surface area (Å²) in [6.07, 6.45) is -0.688. The largest absolute Gasteiger partial charge is 0.465 e. The third-order valence-electron chi connectivity index (χ3n) is 8.00. The standard InChI is InChI=1S/C31H30ClN5O5/c1-18(33-31(41)42-17-24-22-9-4-2-7-20(22)21-8-3-5-10-23(21)24)28-35-26-12-6-11-25(32)27(26)29(38)37(28)36-15-13-19(14-16-36)34-30(39)40/h2-12,18-19,24,34H,13-17H2,1H3,(H,33,41)(H,39,40). The Morgan fingerprint density at radius 2 is 1.67 bits per heavy atom. The molecule has 1 aromatic heterocycles. The van der Waals surface area contributed by atoms with Crippen LogP contribution in [-0.4, -0.2) is 52.7 Å². The Balaban J connectivity index is 1.23. The number of rotatable bonds is 6. The molecule has 2 aliphatic rings. The molecular weight excluding hydrogens is 558 g/mol. The maximum Gasteiger partial charge on any atom is 0.407 e. The van der Waals surface area contributed by atoms with Crippen molar-refractivity contribution in [2.75, 3.05) is 24.7 Å². The molecule has 1 saturated heterocycles. The molecule has 1 atom stereocenters. The highest BCUT2D eigenvalue weighted by Gasteiger charge is 2.30. The quantitative estimate of drug-likeness (QED) is 0.289. The lowest BCUT2D eigenvalue weighted by Crippen LogP contribution is -2.53. The number of nitrogens with zero attached hydrogens (tertiary/aromatic N) is 3. The number of alkyl carbamates (subject to hydrolysis) is 1. The van der Waals surface area contributed by atoms with Crippen molar-refractivity contribution in [1.29, 1.82) is 0 Å². The number of hydrogen-bond donors (Lipinski definition) is 3. The average molecular weight is 588 g/mol. The topological polar surface area (TPSA) is 126 Å². The fourth-order valence-electron chi connectivity index (χ4n) is 6.02. The molecule has 1 unspecified atom stereocenters. The van der Waals surface area contributed by atoms with Crippen LogP contribution in [0.2, 0.25) is 5.02 Å². The summed E-state index contributed by atoms with van der Waals surface area (Å²) in [5, 5.41) is 16.8. The molecule has 1 fully saturated rings. The second-order valence-corrected chi connectivity index (χ2v) is 11.0. The molecule has 216 valence electrons. The highest BCUT2D eigenvalue weighted by molar-refractivity contribution is 6.35. The third-order valence-corrected chi connectivity index (χ3v) is 8.31. The fraction of sp³-hybridized carbons (Fsp3) is 0.290. The van der Waals surface area contributed by atoms with Crippen molar-refractivity contribution in [2.24, 2.45) is 0 Å². The van der Waals surface area contributed by atoms with Crippen molar-refractivity contribution < 1.29 is 19.4 Å². The normalized spacial score (nSPS) is 15.6. The molecule has 3 aromatic carbocycles. The molecule has 0 radical (unpaired) electrons. The lowest BCUT2D eigenvalue weighted by molar-refractivity contribution is 0.139. The third kappa shape index (κ3) is 5.14. The van der Waals surface area contributed by atoms with Crippen LogP contribution in [0.4, 0.5) is 9.59 Å². The Morgan fingerprint density at radius 3 is 2.31 bits per heavy atom. The van der Waals surface area contributed by atoms with Crippen LogP contribution in [-0.2, 0) is 4.74 Å². The molecule has 0 saturated carbocycles. The van der Waals surface area contributed by atoms with Crippen molar-refractivity contribution in [1.82, 2.24) is 20.3 Å². The maximum atomic E-state index is 13.8. The van der Waals surface area contributed by atoms with E-state index in [1.54, 1.807) is 25.1 Å². The van der Waals surface area contributed by atoms with Gasteiger partial charge < -0.3 is 25.5 Å². The van der Waals surface area contributed by atoms with E-state index in [0.717, 1.165) is 22.3 Å². The van der Waals surface area contributed by atoms with Crippen LogP contribution in [0, 0.1) is 0 Å². The van der Waals surface area contributed by atoms with Gasteiger partial charge in [0.25, 0.3) is 5.56 Å². The van der Waals surface area contributed by atoms with Crippen molar-refractivity contribution >= 4 is 34.7 Å². The van der Waals surface area contributed by atoms with E-state index in [-0.39, 0.29) is 34.5 Å². The van der Waals surface area contributed by atoms with E-state index >= 15 is 0 Å². The van der Waals surface area contributed by atoms with E-state index in [0.29, 0.717) is 37.3 Å². The van der Waals surface area contributed by atoms with Gasteiger partial charge >= 0.3 is 12.2 Å². The first kappa shape index (κ1) is 27.6. The Morgan fingerprint density at radius 1 is 1.02 bits per heavy atom. The van der Waals surface area contributed by atoms with Gasteiger partial charge in [-0.25, -0.2) is 19.2 Å². The smallest absolute Gasteiger partial charge is 0.407 e. The van der Waals surface area contributed by atoms with Crippen molar-refractivity contribution in [3.05, 3.63) is 99.1 Å². The van der Waals surface area contributed by atoms with Crippen molar-refractivity contribution in [3.8, 4) is 11.1 Å². The number of benzene rings is 3. The molecule has 4 aromatic rings. The van der Waals surface area contributed by atoms with E-state index in [2.05, 4.69) is 34.9 Å². The summed E-state index contributed by atoms with van der Waals surface area (Å²) in [7, 11) is 0. The van der Waals surface area contributed by atoms with Gasteiger partial charge in [0.05, 0.1) is 22.0 Å². The van der Waals surface area contributed by atoms with Crippen LogP contribution in [0.15, 0.2) is 71.5 Å². The van der Waals surface area contributed by atoms with Crippen LogP contribution >= 0.6 is 11.6 Å². The molecule has 0 bridgehead atoms. The predicted molar refractivity (Wildman–Crippen MR) is 160 cm³/mol. The summed E-state index contributed by atoms with van der Waals surface area (Å²) >= 11 is 6.41. The number of amides is 2. The summed E-state index contributed by atoms with van der Waals surface area (Å²) in [6.45, 7) is 2.72. The van der Waals surface area contributed by atoms with E-state index in [9.17, 15) is 14.4 Å². The Labute approximate surface area is 246 Å². The molecule has 10 nitrogen and oxygen atoms in total. The van der Waals surface area contributed by atoms with Gasteiger partial charge in [-0.2, -0.15) is 0 Å². The fourth-order valence-corrected chi connectivity index (χ4v) is 6.27. The van der Waals surface area contributed by atoms with Crippen LogP contribution in [0.25, 0.3) is 22.0 Å². The lowest BCUT2D eigenvalue weighted by Gasteiger charge is -2.36. The minimum atomic E-state index is -1.08. The van der Waals surface area contributed by atoms with Gasteiger partial charge in [-0.15, -0.1) is 0 Å². The zero-order valence-corrected chi connectivity index (χ0v) is 23.7. The number of ether oxygens (including phenoxy) is 1. The highest BCUT2D eigenvalue weighted by Crippen LogP contribution is 2.44. The minimum Gasteiger partial charge on any atom is -0.465 e. The number of carbonyl (C=O) groups is 2. The van der Waals surface area contributed by atoms with Gasteiger partial charge in [0.2, 0.25) is 0 Å². The number of nitrogens with one attached hydrogen (secondary N) is 2. The molecule has 2 amide bonds. The predicted octanol–water partition coefficient (Wildman–Crippen LogP) is 5.02. The molecule has 3 N–H and O–H groups in total. The van der Waals surface area contributed by atoms with E-state index in [4.69, 9.17) is 26.4 Å². The zero-order valence-electron chi connectivity index (χ0n) is 22.9. The number of halogens is 1. The first-order valence-electron chi connectivity index (χ1n) is 13.9. The van der Waals surface area contributed by atoms with E-state index < -0.39 is 18.2 Å².